The van der Waals surface area contributed by atoms with Crippen molar-refractivity contribution in [2.24, 2.45) is 7.05 Å². The summed E-state index contributed by atoms with van der Waals surface area (Å²) in [6.07, 6.45) is 0. The van der Waals surface area contributed by atoms with Crippen LogP contribution in [0.15, 0.2) is 47.6 Å². The summed E-state index contributed by atoms with van der Waals surface area (Å²) in [5.41, 5.74) is 4.13. The Bertz CT molecular complexity index is 984. The quantitative estimate of drug-likeness (QED) is 0.610. The smallest absolute Gasteiger partial charge is 0.234 e. The summed E-state index contributed by atoms with van der Waals surface area (Å²) in [6.45, 7) is 6.32. The van der Waals surface area contributed by atoms with E-state index in [2.05, 4.69) is 15.5 Å². The van der Waals surface area contributed by atoms with E-state index in [1.54, 1.807) is 0 Å². The van der Waals surface area contributed by atoms with Gasteiger partial charge in [-0.2, -0.15) is 0 Å². The molecule has 3 aromatic rings. The van der Waals surface area contributed by atoms with E-state index in [1.807, 2.05) is 74.9 Å². The van der Waals surface area contributed by atoms with Crippen LogP contribution in [0.2, 0.25) is 0 Å². The van der Waals surface area contributed by atoms with Crippen LogP contribution in [-0.2, 0) is 18.4 Å². The lowest BCUT2D eigenvalue weighted by Gasteiger charge is -2.09. The molecule has 0 bridgehead atoms. The van der Waals surface area contributed by atoms with Crippen molar-refractivity contribution in [3.05, 3.63) is 65.0 Å². The van der Waals surface area contributed by atoms with Crippen LogP contribution < -0.4 is 10.1 Å². The first-order valence-corrected chi connectivity index (χ1v) is 9.98. The highest BCUT2D eigenvalue weighted by Gasteiger charge is 2.13. The van der Waals surface area contributed by atoms with Crippen LogP contribution >= 0.6 is 11.8 Å². The van der Waals surface area contributed by atoms with Crippen LogP contribution in [0.1, 0.15) is 22.5 Å². The SMILES string of the molecule is Cc1cccc(OCc2nnc(SCC(=O)Nc3cc(C)ccc3C)n2C)c1. The molecule has 28 heavy (non-hydrogen) atoms. The minimum atomic E-state index is -0.0701. The van der Waals surface area contributed by atoms with Gasteiger partial charge in [0.25, 0.3) is 0 Å². The van der Waals surface area contributed by atoms with E-state index in [0.29, 0.717) is 17.6 Å². The Kier molecular flexibility index (Phi) is 6.36. The lowest BCUT2D eigenvalue weighted by atomic mass is 10.1. The van der Waals surface area contributed by atoms with E-state index in [9.17, 15) is 4.79 Å². The fraction of sp³-hybridized carbons (Fsp3) is 0.286. The van der Waals surface area contributed by atoms with Gasteiger partial charge in [0.15, 0.2) is 11.0 Å². The Balaban J connectivity index is 1.55. The molecule has 0 radical (unpaired) electrons. The third-order valence-corrected chi connectivity index (χ3v) is 5.30. The molecule has 0 aliphatic rings. The number of nitrogens with zero attached hydrogens (tertiary/aromatic N) is 3. The van der Waals surface area contributed by atoms with Gasteiger partial charge in [-0.3, -0.25) is 4.79 Å². The number of amides is 1. The van der Waals surface area contributed by atoms with Gasteiger partial charge in [-0.15, -0.1) is 10.2 Å². The number of thioether (sulfide) groups is 1. The number of carbonyl (C=O) groups is 1. The molecule has 1 heterocycles. The maximum Gasteiger partial charge on any atom is 0.234 e. The van der Waals surface area contributed by atoms with Crippen molar-refractivity contribution < 1.29 is 9.53 Å². The highest BCUT2D eigenvalue weighted by molar-refractivity contribution is 7.99. The van der Waals surface area contributed by atoms with E-state index < -0.39 is 0 Å². The monoisotopic (exact) mass is 396 g/mol. The number of aryl methyl sites for hydroxylation is 3. The molecule has 1 N–H and O–H groups in total. The minimum absolute atomic E-state index is 0.0701. The predicted octanol–water partition coefficient (Wildman–Crippen LogP) is 4.05. The van der Waals surface area contributed by atoms with Gasteiger partial charge in [0, 0.05) is 12.7 Å². The zero-order chi connectivity index (χ0) is 20.1. The Morgan fingerprint density at radius 2 is 1.89 bits per heavy atom. The zero-order valence-corrected chi connectivity index (χ0v) is 17.3. The average Bonchev–Trinajstić information content (AvgIpc) is 3.01. The van der Waals surface area contributed by atoms with Crippen LogP contribution in [0.3, 0.4) is 0 Å². The van der Waals surface area contributed by atoms with E-state index in [0.717, 1.165) is 28.1 Å². The number of rotatable bonds is 7. The topological polar surface area (TPSA) is 69.0 Å². The van der Waals surface area contributed by atoms with E-state index >= 15 is 0 Å². The molecule has 0 spiro atoms. The molecule has 7 heteroatoms. The molecule has 3 rings (SSSR count). The van der Waals surface area contributed by atoms with E-state index in [1.165, 1.54) is 11.8 Å². The van der Waals surface area contributed by atoms with Crippen molar-refractivity contribution in [3.8, 4) is 5.75 Å². The van der Waals surface area contributed by atoms with Crippen LogP contribution in [-0.4, -0.2) is 26.4 Å². The van der Waals surface area contributed by atoms with Gasteiger partial charge < -0.3 is 14.6 Å². The van der Waals surface area contributed by atoms with Gasteiger partial charge in [0.2, 0.25) is 5.91 Å². The van der Waals surface area contributed by atoms with Crippen LogP contribution in [0.5, 0.6) is 5.75 Å². The van der Waals surface area contributed by atoms with Gasteiger partial charge in [-0.05, 0) is 55.7 Å². The Hall–Kier alpha value is -2.80. The first kappa shape index (κ1) is 19.9. The molecule has 0 atom stereocenters. The maximum absolute atomic E-state index is 12.3. The maximum atomic E-state index is 12.3. The van der Waals surface area contributed by atoms with Gasteiger partial charge in [0.05, 0.1) is 5.75 Å². The molecule has 6 nitrogen and oxygen atoms in total. The van der Waals surface area contributed by atoms with Gasteiger partial charge in [0.1, 0.15) is 12.4 Å². The molecular formula is C21H24N4O2S. The zero-order valence-electron chi connectivity index (χ0n) is 16.5. The van der Waals surface area contributed by atoms with Crippen molar-refractivity contribution in [1.29, 1.82) is 0 Å². The molecule has 1 amide bonds. The third-order valence-electron chi connectivity index (χ3n) is 4.28. The van der Waals surface area contributed by atoms with E-state index in [-0.39, 0.29) is 11.7 Å². The molecule has 2 aromatic carbocycles. The summed E-state index contributed by atoms with van der Waals surface area (Å²) in [4.78, 5) is 12.3. The summed E-state index contributed by atoms with van der Waals surface area (Å²) < 4.78 is 7.64. The van der Waals surface area contributed by atoms with Crippen LogP contribution in [0, 0.1) is 20.8 Å². The Morgan fingerprint density at radius 1 is 1.11 bits per heavy atom. The number of hydrogen-bond donors (Lipinski definition) is 1. The summed E-state index contributed by atoms with van der Waals surface area (Å²) in [5, 5.41) is 12.0. The minimum Gasteiger partial charge on any atom is -0.486 e. The largest absolute Gasteiger partial charge is 0.486 e. The lowest BCUT2D eigenvalue weighted by molar-refractivity contribution is -0.113. The summed E-state index contributed by atoms with van der Waals surface area (Å²) in [5.74, 6) is 1.70. The molecular weight excluding hydrogens is 372 g/mol. The number of carbonyl (C=O) groups excluding carboxylic acids is 1. The fourth-order valence-electron chi connectivity index (χ4n) is 2.64. The first-order chi connectivity index (χ1) is 13.4. The van der Waals surface area contributed by atoms with Crippen molar-refractivity contribution in [2.45, 2.75) is 32.5 Å². The summed E-state index contributed by atoms with van der Waals surface area (Å²) in [6, 6.07) is 13.9. The second-order valence-electron chi connectivity index (χ2n) is 6.72. The molecule has 0 saturated heterocycles. The molecule has 0 unspecified atom stereocenters. The molecule has 0 fully saturated rings. The number of anilines is 1. The summed E-state index contributed by atoms with van der Waals surface area (Å²) >= 11 is 1.35. The standard InChI is InChI=1S/C21H24N4O2S/c1-14-6-5-7-17(10-14)27-12-19-23-24-21(25(19)4)28-13-20(26)22-18-11-15(2)8-9-16(18)3/h5-11H,12-13H2,1-4H3,(H,22,26). The second-order valence-corrected chi connectivity index (χ2v) is 7.66. The Morgan fingerprint density at radius 3 is 2.68 bits per heavy atom. The highest BCUT2D eigenvalue weighted by Crippen LogP contribution is 2.20. The first-order valence-electron chi connectivity index (χ1n) is 9.00. The molecule has 0 aliphatic heterocycles. The number of hydrogen-bond acceptors (Lipinski definition) is 5. The molecule has 0 saturated carbocycles. The third kappa shape index (κ3) is 5.13. The van der Waals surface area contributed by atoms with Crippen molar-refractivity contribution in [3.63, 3.8) is 0 Å². The van der Waals surface area contributed by atoms with Crippen molar-refractivity contribution in [2.75, 3.05) is 11.1 Å². The number of ether oxygens (including phenoxy) is 1. The van der Waals surface area contributed by atoms with E-state index in [4.69, 9.17) is 4.74 Å². The average molecular weight is 397 g/mol. The van der Waals surface area contributed by atoms with Crippen LogP contribution in [0.25, 0.3) is 0 Å². The normalized spacial score (nSPS) is 10.7. The van der Waals surface area contributed by atoms with Crippen molar-refractivity contribution in [1.82, 2.24) is 14.8 Å². The summed E-state index contributed by atoms with van der Waals surface area (Å²) in [7, 11) is 1.87. The number of aromatic nitrogens is 3. The van der Waals surface area contributed by atoms with Gasteiger partial charge >= 0.3 is 0 Å². The number of nitrogens with one attached hydrogen (secondary N) is 1. The van der Waals surface area contributed by atoms with Crippen molar-refractivity contribution >= 4 is 23.4 Å². The second kappa shape index (κ2) is 8.93. The Labute approximate surface area is 169 Å². The highest BCUT2D eigenvalue weighted by atomic mass is 32.2. The van der Waals surface area contributed by atoms with Gasteiger partial charge in [-0.1, -0.05) is 36.0 Å². The lowest BCUT2D eigenvalue weighted by Crippen LogP contribution is -2.15. The predicted molar refractivity (Wildman–Crippen MR) is 112 cm³/mol. The molecule has 146 valence electrons. The molecule has 1 aromatic heterocycles. The fourth-order valence-corrected chi connectivity index (χ4v) is 3.37. The molecule has 0 aliphatic carbocycles. The van der Waals surface area contributed by atoms with Gasteiger partial charge in [-0.25, -0.2) is 0 Å². The van der Waals surface area contributed by atoms with Crippen LogP contribution in [0.4, 0.5) is 5.69 Å². The number of benzene rings is 2.